The first-order valence-electron chi connectivity index (χ1n) is 14.7. The van der Waals surface area contributed by atoms with Crippen molar-refractivity contribution in [2.75, 3.05) is 39.6 Å². The number of hydrogen-bond donors (Lipinski definition) is 3. The van der Waals surface area contributed by atoms with E-state index < -0.39 is 5.82 Å². The van der Waals surface area contributed by atoms with Crippen LogP contribution in [-0.4, -0.2) is 83.3 Å². The zero-order valence-electron chi connectivity index (χ0n) is 24.4. The normalized spacial score (nSPS) is 21.0. The zero-order chi connectivity index (χ0) is 29.4. The maximum atomic E-state index is 16.1. The van der Waals surface area contributed by atoms with Crippen LogP contribution in [0.15, 0.2) is 54.9 Å². The van der Waals surface area contributed by atoms with Crippen molar-refractivity contribution in [3.05, 3.63) is 66.2 Å². The number of anilines is 1. The van der Waals surface area contributed by atoms with Crippen LogP contribution < -0.4 is 10.1 Å². The van der Waals surface area contributed by atoms with Gasteiger partial charge in [0.1, 0.15) is 17.2 Å². The molecule has 0 unspecified atom stereocenters. The molecule has 6 rings (SSSR count). The highest BCUT2D eigenvalue weighted by atomic mass is 19.1. The van der Waals surface area contributed by atoms with Crippen LogP contribution in [0.2, 0.25) is 0 Å². The zero-order valence-corrected chi connectivity index (χ0v) is 24.4. The van der Waals surface area contributed by atoms with Gasteiger partial charge in [-0.2, -0.15) is 0 Å². The number of benzene rings is 2. The summed E-state index contributed by atoms with van der Waals surface area (Å²) in [6.07, 6.45) is 6.92. The van der Waals surface area contributed by atoms with Gasteiger partial charge in [0, 0.05) is 60.1 Å². The van der Waals surface area contributed by atoms with Gasteiger partial charge >= 0.3 is 0 Å². The number of rotatable bonds is 7. The van der Waals surface area contributed by atoms with Crippen molar-refractivity contribution in [2.45, 2.75) is 50.3 Å². The van der Waals surface area contributed by atoms with E-state index in [0.717, 1.165) is 54.6 Å². The molecule has 8 nitrogen and oxygen atoms in total. The van der Waals surface area contributed by atoms with Gasteiger partial charge in [0.05, 0.1) is 24.5 Å². The number of likely N-dealkylation sites (N-methyl/N-ethyl adjacent to an activating group) is 2. The Bertz CT molecular complexity index is 1600. The summed E-state index contributed by atoms with van der Waals surface area (Å²) in [4.78, 5) is 25.8. The van der Waals surface area contributed by atoms with E-state index in [9.17, 15) is 9.90 Å². The summed E-state index contributed by atoms with van der Waals surface area (Å²) in [7, 11) is 5.50. The highest BCUT2D eigenvalue weighted by Gasteiger charge is 2.30. The van der Waals surface area contributed by atoms with Gasteiger partial charge in [0.15, 0.2) is 0 Å². The van der Waals surface area contributed by atoms with Crippen molar-refractivity contribution in [1.82, 2.24) is 19.8 Å². The second-order valence-corrected chi connectivity index (χ2v) is 11.7. The Hall–Kier alpha value is -3.95. The Kier molecular flexibility index (Phi) is 7.88. The third-order valence-electron chi connectivity index (χ3n) is 8.86. The van der Waals surface area contributed by atoms with Gasteiger partial charge in [-0.25, -0.2) is 9.37 Å². The van der Waals surface area contributed by atoms with Crippen molar-refractivity contribution in [1.29, 1.82) is 0 Å². The quantitative estimate of drug-likeness (QED) is 0.270. The minimum atomic E-state index is -0.474. The SMILES string of the molecule is COc1ccccc1-c1c[nH]c2ncc(-c3cc(F)c(NC4CCC(O)CC4)c(C(=O)N(C)[C@H]4CCN(C)C4)c3)cc12. The summed E-state index contributed by atoms with van der Waals surface area (Å²) in [5.74, 6) is 0.0619. The fourth-order valence-electron chi connectivity index (χ4n) is 6.35. The first-order valence-corrected chi connectivity index (χ1v) is 14.7. The highest BCUT2D eigenvalue weighted by molar-refractivity contribution is 6.02. The number of H-pyrrole nitrogens is 1. The number of nitrogens with zero attached hydrogens (tertiary/aromatic N) is 3. The minimum absolute atomic E-state index is 0.00972. The summed E-state index contributed by atoms with van der Waals surface area (Å²) in [6, 6.07) is 13.1. The lowest BCUT2D eigenvalue weighted by molar-refractivity contribution is 0.0737. The van der Waals surface area contributed by atoms with E-state index in [-0.39, 0.29) is 29.8 Å². The van der Waals surface area contributed by atoms with Gasteiger partial charge in [-0.05, 0) is 75.5 Å². The van der Waals surface area contributed by atoms with Crippen LogP contribution >= 0.6 is 0 Å². The molecule has 1 aliphatic carbocycles. The number of carbonyl (C=O) groups excluding carboxylic acids is 1. The lowest BCUT2D eigenvalue weighted by Gasteiger charge is -2.30. The number of pyridine rings is 1. The minimum Gasteiger partial charge on any atom is -0.496 e. The molecule has 0 radical (unpaired) electrons. The van der Waals surface area contributed by atoms with E-state index in [4.69, 9.17) is 4.74 Å². The second kappa shape index (κ2) is 11.7. The molecule has 1 saturated heterocycles. The van der Waals surface area contributed by atoms with Gasteiger partial charge in [-0.3, -0.25) is 4.79 Å². The Morgan fingerprint density at radius 1 is 1.12 bits per heavy atom. The number of hydrogen-bond acceptors (Lipinski definition) is 6. The molecule has 2 fully saturated rings. The van der Waals surface area contributed by atoms with Gasteiger partial charge in [-0.15, -0.1) is 0 Å². The van der Waals surface area contributed by atoms with Crippen LogP contribution in [0.25, 0.3) is 33.3 Å². The number of aromatic amines is 1. The van der Waals surface area contributed by atoms with E-state index in [0.29, 0.717) is 35.2 Å². The number of fused-ring (bicyclic) bond motifs is 1. The van der Waals surface area contributed by atoms with Gasteiger partial charge in [0.25, 0.3) is 5.91 Å². The smallest absolute Gasteiger partial charge is 0.256 e. The average molecular weight is 572 g/mol. The number of ether oxygens (including phenoxy) is 1. The lowest BCUT2D eigenvalue weighted by atomic mass is 9.92. The summed E-state index contributed by atoms with van der Waals surface area (Å²) < 4.78 is 21.6. The molecule has 0 spiro atoms. The third-order valence-corrected chi connectivity index (χ3v) is 8.86. The number of nitrogens with one attached hydrogen (secondary N) is 2. The molecule has 1 saturated carbocycles. The Balaban J connectivity index is 1.41. The van der Waals surface area contributed by atoms with Crippen molar-refractivity contribution in [3.8, 4) is 28.0 Å². The van der Waals surface area contributed by atoms with Crippen molar-refractivity contribution >= 4 is 22.6 Å². The second-order valence-electron chi connectivity index (χ2n) is 11.7. The van der Waals surface area contributed by atoms with Gasteiger partial charge in [-0.1, -0.05) is 18.2 Å². The van der Waals surface area contributed by atoms with Crippen molar-refractivity contribution in [2.24, 2.45) is 0 Å². The van der Waals surface area contributed by atoms with Gasteiger partial charge in [0.2, 0.25) is 0 Å². The van der Waals surface area contributed by atoms with E-state index in [1.807, 2.05) is 50.6 Å². The number of halogens is 1. The van der Waals surface area contributed by atoms with Crippen LogP contribution in [0, 0.1) is 5.82 Å². The van der Waals surface area contributed by atoms with E-state index in [2.05, 4.69) is 20.2 Å². The fraction of sp³-hybridized carbons (Fsp3) is 0.394. The van der Waals surface area contributed by atoms with E-state index >= 15 is 4.39 Å². The lowest BCUT2D eigenvalue weighted by Crippen LogP contribution is -2.39. The van der Waals surface area contributed by atoms with E-state index in [1.165, 1.54) is 6.07 Å². The summed E-state index contributed by atoms with van der Waals surface area (Å²) >= 11 is 0. The predicted molar refractivity (Wildman–Crippen MR) is 163 cm³/mol. The molecule has 0 bridgehead atoms. The van der Waals surface area contributed by atoms with Crippen LogP contribution in [0.1, 0.15) is 42.5 Å². The molecule has 42 heavy (non-hydrogen) atoms. The summed E-state index contributed by atoms with van der Waals surface area (Å²) in [5, 5.41) is 14.2. The maximum absolute atomic E-state index is 16.1. The largest absolute Gasteiger partial charge is 0.496 e. The molecule has 9 heteroatoms. The van der Waals surface area contributed by atoms with Gasteiger partial charge < -0.3 is 29.9 Å². The molecule has 4 aromatic rings. The number of para-hydroxylation sites is 1. The Morgan fingerprint density at radius 2 is 1.90 bits per heavy atom. The number of amides is 1. The standard InChI is InChI=1S/C33H38FN5O3/c1-38-13-12-23(19-38)39(2)33(41)27-14-20(16-29(34)31(27)37-22-8-10-24(40)11-9-22)21-15-26-28(18-36-32(26)35-17-21)25-6-4-5-7-30(25)42-3/h4-7,14-18,22-24,37,40H,8-13,19H2,1-3H3,(H,35,36)/t22?,23-,24?/m0/s1. The molecule has 2 aromatic heterocycles. The molecule has 220 valence electrons. The first kappa shape index (κ1) is 28.2. The average Bonchev–Trinajstić information content (AvgIpc) is 3.64. The first-order chi connectivity index (χ1) is 20.3. The monoisotopic (exact) mass is 571 g/mol. The predicted octanol–water partition coefficient (Wildman–Crippen LogP) is 5.54. The highest BCUT2D eigenvalue weighted by Crippen LogP contribution is 2.37. The Labute approximate surface area is 245 Å². The number of carbonyl (C=O) groups is 1. The number of methoxy groups -OCH3 is 1. The van der Waals surface area contributed by atoms with Crippen LogP contribution in [0.3, 0.4) is 0 Å². The molecular weight excluding hydrogens is 533 g/mol. The van der Waals surface area contributed by atoms with Crippen LogP contribution in [0.4, 0.5) is 10.1 Å². The number of aliphatic hydroxyl groups excluding tert-OH is 1. The van der Waals surface area contributed by atoms with Crippen LogP contribution in [-0.2, 0) is 0 Å². The Morgan fingerprint density at radius 3 is 2.64 bits per heavy atom. The molecule has 2 aromatic carbocycles. The number of likely N-dealkylation sites (tertiary alicyclic amines) is 1. The topological polar surface area (TPSA) is 93.7 Å². The van der Waals surface area contributed by atoms with E-state index in [1.54, 1.807) is 24.3 Å². The molecule has 3 heterocycles. The van der Waals surface area contributed by atoms with Crippen molar-refractivity contribution in [3.63, 3.8) is 0 Å². The molecule has 3 N–H and O–H groups in total. The number of aliphatic hydroxyl groups is 1. The molecule has 1 amide bonds. The molecule has 1 aliphatic heterocycles. The van der Waals surface area contributed by atoms with Crippen molar-refractivity contribution < 1.29 is 19.0 Å². The maximum Gasteiger partial charge on any atom is 0.256 e. The fourth-order valence-corrected chi connectivity index (χ4v) is 6.35. The molecule has 1 atom stereocenters. The van der Waals surface area contributed by atoms with Crippen LogP contribution in [0.5, 0.6) is 5.75 Å². The molecule has 2 aliphatic rings. The molecular formula is C33H38FN5O3. The summed E-state index contributed by atoms with van der Waals surface area (Å²) in [6.45, 7) is 1.70. The third kappa shape index (κ3) is 5.46. The number of aromatic nitrogens is 2. The summed E-state index contributed by atoms with van der Waals surface area (Å²) in [5.41, 5.74) is 4.39.